The highest BCUT2D eigenvalue weighted by atomic mass is 15.3. The Kier molecular flexibility index (Phi) is 2.25. The standard InChI is InChI=1S/C9H15N5/c1-14(2)9-11-7-5-3-4-6(7)8(12-9)13-10/h3-5,10H2,1-2H3,(H,11,12,13). The Morgan fingerprint density at radius 1 is 1.29 bits per heavy atom. The maximum Gasteiger partial charge on any atom is 0.227 e. The molecule has 1 aliphatic carbocycles. The van der Waals surface area contributed by atoms with Crippen molar-refractivity contribution in [2.45, 2.75) is 19.3 Å². The number of hydrogen-bond acceptors (Lipinski definition) is 5. The first-order valence-electron chi connectivity index (χ1n) is 4.76. The fourth-order valence-electron chi connectivity index (χ4n) is 1.74. The lowest BCUT2D eigenvalue weighted by atomic mass is 10.2. The molecule has 2 rings (SSSR count). The van der Waals surface area contributed by atoms with Gasteiger partial charge in [0.05, 0.1) is 5.69 Å². The molecule has 1 aliphatic rings. The topological polar surface area (TPSA) is 67.1 Å². The third kappa shape index (κ3) is 1.39. The summed E-state index contributed by atoms with van der Waals surface area (Å²) in [4.78, 5) is 10.7. The molecular weight excluding hydrogens is 178 g/mol. The maximum absolute atomic E-state index is 5.43. The van der Waals surface area contributed by atoms with Gasteiger partial charge in [-0.25, -0.2) is 10.8 Å². The van der Waals surface area contributed by atoms with Crippen LogP contribution in [0, 0.1) is 0 Å². The lowest BCUT2D eigenvalue weighted by molar-refractivity contribution is 0.895. The van der Waals surface area contributed by atoms with Crippen LogP contribution in [0.1, 0.15) is 17.7 Å². The summed E-state index contributed by atoms with van der Waals surface area (Å²) in [6, 6.07) is 0. The Hall–Kier alpha value is -1.36. The summed E-state index contributed by atoms with van der Waals surface area (Å²) in [6.45, 7) is 0. The van der Waals surface area contributed by atoms with Gasteiger partial charge in [-0.2, -0.15) is 4.98 Å². The first kappa shape index (κ1) is 9.21. The molecule has 0 amide bonds. The van der Waals surface area contributed by atoms with Crippen LogP contribution < -0.4 is 16.2 Å². The first-order chi connectivity index (χ1) is 6.72. The average molecular weight is 193 g/mol. The molecule has 0 spiro atoms. The molecule has 5 heteroatoms. The van der Waals surface area contributed by atoms with E-state index in [1.165, 1.54) is 5.56 Å². The van der Waals surface area contributed by atoms with Gasteiger partial charge in [-0.3, -0.25) is 0 Å². The number of nitrogen functional groups attached to an aromatic ring is 1. The van der Waals surface area contributed by atoms with Gasteiger partial charge in [-0.15, -0.1) is 0 Å². The van der Waals surface area contributed by atoms with Crippen LogP contribution in [0.15, 0.2) is 0 Å². The number of nitrogens with zero attached hydrogens (tertiary/aromatic N) is 3. The van der Waals surface area contributed by atoms with E-state index in [0.717, 1.165) is 36.7 Å². The average Bonchev–Trinajstić information content (AvgIpc) is 2.63. The molecule has 0 atom stereocenters. The van der Waals surface area contributed by atoms with Gasteiger partial charge in [0, 0.05) is 19.7 Å². The quantitative estimate of drug-likeness (QED) is 0.523. The van der Waals surface area contributed by atoms with Crippen LogP contribution in [0.4, 0.5) is 11.8 Å². The second kappa shape index (κ2) is 3.42. The molecule has 0 aliphatic heterocycles. The minimum atomic E-state index is 0.721. The zero-order valence-electron chi connectivity index (χ0n) is 8.54. The van der Waals surface area contributed by atoms with Crippen molar-refractivity contribution >= 4 is 11.8 Å². The molecule has 0 saturated carbocycles. The molecule has 76 valence electrons. The van der Waals surface area contributed by atoms with Crippen LogP contribution in [0.3, 0.4) is 0 Å². The molecule has 1 aromatic rings. The van der Waals surface area contributed by atoms with E-state index < -0.39 is 0 Å². The second-order valence-electron chi connectivity index (χ2n) is 3.69. The highest BCUT2D eigenvalue weighted by Gasteiger charge is 2.19. The normalized spacial score (nSPS) is 13.9. The van der Waals surface area contributed by atoms with Crippen molar-refractivity contribution in [3.8, 4) is 0 Å². The largest absolute Gasteiger partial charge is 0.347 e. The smallest absolute Gasteiger partial charge is 0.227 e. The number of anilines is 2. The zero-order valence-corrected chi connectivity index (χ0v) is 8.54. The van der Waals surface area contributed by atoms with Crippen LogP contribution in [-0.2, 0) is 12.8 Å². The zero-order chi connectivity index (χ0) is 10.1. The van der Waals surface area contributed by atoms with Gasteiger partial charge in [0.1, 0.15) is 5.82 Å². The van der Waals surface area contributed by atoms with Gasteiger partial charge in [-0.1, -0.05) is 0 Å². The van der Waals surface area contributed by atoms with Gasteiger partial charge < -0.3 is 10.3 Å². The molecule has 0 radical (unpaired) electrons. The number of fused-ring (bicyclic) bond motifs is 1. The van der Waals surface area contributed by atoms with Crippen molar-refractivity contribution < 1.29 is 0 Å². The lowest BCUT2D eigenvalue weighted by Crippen LogP contribution is -2.18. The van der Waals surface area contributed by atoms with E-state index in [0.29, 0.717) is 0 Å². The van der Waals surface area contributed by atoms with E-state index in [1.807, 2.05) is 19.0 Å². The lowest BCUT2D eigenvalue weighted by Gasteiger charge is -2.14. The minimum Gasteiger partial charge on any atom is -0.347 e. The number of aromatic nitrogens is 2. The molecule has 1 heterocycles. The molecule has 0 unspecified atom stereocenters. The van der Waals surface area contributed by atoms with Crippen LogP contribution in [0.5, 0.6) is 0 Å². The number of hydrazine groups is 1. The van der Waals surface area contributed by atoms with Crippen molar-refractivity contribution in [2.24, 2.45) is 5.84 Å². The van der Waals surface area contributed by atoms with Gasteiger partial charge in [0.2, 0.25) is 5.95 Å². The monoisotopic (exact) mass is 193 g/mol. The third-order valence-corrected chi connectivity index (χ3v) is 2.46. The Morgan fingerprint density at radius 3 is 2.71 bits per heavy atom. The summed E-state index contributed by atoms with van der Waals surface area (Å²) in [5.41, 5.74) is 4.96. The molecule has 0 bridgehead atoms. The molecule has 0 fully saturated rings. The highest BCUT2D eigenvalue weighted by molar-refractivity contribution is 5.51. The number of nitrogens with one attached hydrogen (secondary N) is 1. The van der Waals surface area contributed by atoms with E-state index >= 15 is 0 Å². The fourth-order valence-corrected chi connectivity index (χ4v) is 1.74. The van der Waals surface area contributed by atoms with Gasteiger partial charge in [0.15, 0.2) is 0 Å². The van der Waals surface area contributed by atoms with Crippen LogP contribution >= 0.6 is 0 Å². The number of hydrogen-bond donors (Lipinski definition) is 2. The van der Waals surface area contributed by atoms with Crippen molar-refractivity contribution in [3.63, 3.8) is 0 Å². The summed E-state index contributed by atoms with van der Waals surface area (Å²) in [6.07, 6.45) is 3.21. The van der Waals surface area contributed by atoms with Crippen molar-refractivity contribution in [3.05, 3.63) is 11.3 Å². The highest BCUT2D eigenvalue weighted by Crippen LogP contribution is 2.27. The van der Waals surface area contributed by atoms with E-state index in [4.69, 9.17) is 5.84 Å². The molecule has 14 heavy (non-hydrogen) atoms. The van der Waals surface area contributed by atoms with Crippen LogP contribution in [0.25, 0.3) is 0 Å². The Morgan fingerprint density at radius 2 is 2.07 bits per heavy atom. The summed E-state index contributed by atoms with van der Waals surface area (Å²) in [7, 11) is 3.86. The molecule has 5 nitrogen and oxygen atoms in total. The summed E-state index contributed by atoms with van der Waals surface area (Å²) in [5, 5.41) is 0. The second-order valence-corrected chi connectivity index (χ2v) is 3.69. The molecule has 0 saturated heterocycles. The van der Waals surface area contributed by atoms with Crippen LogP contribution in [0.2, 0.25) is 0 Å². The van der Waals surface area contributed by atoms with Crippen molar-refractivity contribution in [1.29, 1.82) is 0 Å². The predicted octanol–water partition coefficient (Wildman–Crippen LogP) is 0.317. The van der Waals surface area contributed by atoms with Gasteiger partial charge >= 0.3 is 0 Å². The van der Waals surface area contributed by atoms with Crippen LogP contribution in [-0.4, -0.2) is 24.1 Å². The molecule has 3 N–H and O–H groups in total. The maximum atomic E-state index is 5.43. The summed E-state index contributed by atoms with van der Waals surface area (Å²) >= 11 is 0. The Labute approximate surface area is 83.3 Å². The molecule has 1 aromatic heterocycles. The van der Waals surface area contributed by atoms with Gasteiger partial charge in [-0.05, 0) is 19.3 Å². The first-order valence-corrected chi connectivity index (χ1v) is 4.76. The molecular formula is C9H15N5. The number of nitrogens with two attached hydrogens (primary N) is 1. The van der Waals surface area contributed by atoms with Crippen molar-refractivity contribution in [2.75, 3.05) is 24.4 Å². The number of rotatable bonds is 2. The SMILES string of the molecule is CN(C)c1nc2c(c(NN)n1)CCC2. The molecule has 0 aromatic carbocycles. The van der Waals surface area contributed by atoms with Gasteiger partial charge in [0.25, 0.3) is 0 Å². The number of aryl methyl sites for hydroxylation is 1. The predicted molar refractivity (Wildman–Crippen MR) is 56.2 cm³/mol. The summed E-state index contributed by atoms with van der Waals surface area (Å²) < 4.78 is 0. The third-order valence-electron chi connectivity index (χ3n) is 2.46. The van der Waals surface area contributed by atoms with Crippen molar-refractivity contribution in [1.82, 2.24) is 9.97 Å². The Balaban J connectivity index is 2.49. The summed E-state index contributed by atoms with van der Waals surface area (Å²) in [5.74, 6) is 6.93. The fraction of sp³-hybridized carbons (Fsp3) is 0.556. The minimum absolute atomic E-state index is 0.721. The van der Waals surface area contributed by atoms with E-state index in [-0.39, 0.29) is 0 Å². The van der Waals surface area contributed by atoms with E-state index in [2.05, 4.69) is 15.4 Å². The van der Waals surface area contributed by atoms with E-state index in [9.17, 15) is 0 Å². The Bertz CT molecular complexity index is 347. The van der Waals surface area contributed by atoms with E-state index in [1.54, 1.807) is 0 Å².